The standard InChI is InChI=1S/C25H31FN2/c1-19(2)21(4)28(16-22-10-12-24(26)13-11-22)18-25-9-6-14-27(25)17-23-8-5-7-20(3)15-23/h5-15,19,21H,16-18H2,1-4H3/p+1/t21-/m1/s1. The molecule has 3 rings (SSSR count). The van der Waals surface area contributed by atoms with Gasteiger partial charge in [0.2, 0.25) is 0 Å². The fourth-order valence-electron chi connectivity index (χ4n) is 3.72. The van der Waals surface area contributed by atoms with Gasteiger partial charge in [-0.2, -0.15) is 0 Å². The molecule has 0 saturated heterocycles. The van der Waals surface area contributed by atoms with Gasteiger partial charge in [0.05, 0.1) is 11.7 Å². The van der Waals surface area contributed by atoms with Gasteiger partial charge in [-0.05, 0) is 43.7 Å². The summed E-state index contributed by atoms with van der Waals surface area (Å²) in [5.41, 5.74) is 5.14. The second kappa shape index (κ2) is 9.20. The highest BCUT2D eigenvalue weighted by Crippen LogP contribution is 2.10. The van der Waals surface area contributed by atoms with Crippen LogP contribution in [0.5, 0.6) is 0 Å². The van der Waals surface area contributed by atoms with Crippen molar-refractivity contribution in [1.29, 1.82) is 0 Å². The summed E-state index contributed by atoms with van der Waals surface area (Å²) in [7, 11) is 0. The highest BCUT2D eigenvalue weighted by atomic mass is 19.1. The van der Waals surface area contributed by atoms with Crippen LogP contribution in [0.2, 0.25) is 0 Å². The molecule has 2 aromatic carbocycles. The van der Waals surface area contributed by atoms with Gasteiger partial charge >= 0.3 is 0 Å². The van der Waals surface area contributed by atoms with E-state index < -0.39 is 0 Å². The van der Waals surface area contributed by atoms with Gasteiger partial charge < -0.3 is 9.47 Å². The van der Waals surface area contributed by atoms with E-state index in [1.165, 1.54) is 27.3 Å². The van der Waals surface area contributed by atoms with E-state index in [0.29, 0.717) is 12.0 Å². The van der Waals surface area contributed by atoms with Crippen molar-refractivity contribution >= 4 is 0 Å². The van der Waals surface area contributed by atoms with Crippen LogP contribution in [-0.4, -0.2) is 10.6 Å². The molecule has 2 nitrogen and oxygen atoms in total. The Labute approximate surface area is 168 Å². The largest absolute Gasteiger partial charge is 0.342 e. The van der Waals surface area contributed by atoms with E-state index in [9.17, 15) is 4.39 Å². The third kappa shape index (κ3) is 5.32. The lowest BCUT2D eigenvalue weighted by atomic mass is 10.0. The molecular formula is C25H32FN2+. The summed E-state index contributed by atoms with van der Waals surface area (Å²) in [6.45, 7) is 11.8. The highest BCUT2D eigenvalue weighted by Gasteiger charge is 2.23. The van der Waals surface area contributed by atoms with Gasteiger partial charge in [-0.15, -0.1) is 0 Å². The van der Waals surface area contributed by atoms with Crippen molar-refractivity contribution in [3.8, 4) is 0 Å². The van der Waals surface area contributed by atoms with E-state index in [4.69, 9.17) is 0 Å². The molecule has 0 fully saturated rings. The minimum atomic E-state index is -0.172. The highest BCUT2D eigenvalue weighted by molar-refractivity contribution is 5.23. The quantitative estimate of drug-likeness (QED) is 0.585. The first-order valence-corrected chi connectivity index (χ1v) is 10.2. The summed E-state index contributed by atoms with van der Waals surface area (Å²) >= 11 is 0. The fourth-order valence-corrected chi connectivity index (χ4v) is 3.72. The SMILES string of the molecule is Cc1cccc(Cn2cccc2C[NH+](Cc2ccc(F)cc2)[C@H](C)C(C)C)c1. The molecule has 0 aliphatic rings. The number of quaternary nitrogens is 1. The van der Waals surface area contributed by atoms with Gasteiger partial charge in [0.1, 0.15) is 18.9 Å². The predicted molar refractivity (Wildman–Crippen MR) is 114 cm³/mol. The molecule has 28 heavy (non-hydrogen) atoms. The molecule has 0 aliphatic carbocycles. The third-order valence-electron chi connectivity index (χ3n) is 5.76. The predicted octanol–water partition coefficient (Wildman–Crippen LogP) is 4.61. The molecule has 1 N–H and O–H groups in total. The number of aryl methyl sites for hydroxylation is 1. The zero-order chi connectivity index (χ0) is 20.1. The van der Waals surface area contributed by atoms with Crippen molar-refractivity contribution in [2.75, 3.05) is 0 Å². The van der Waals surface area contributed by atoms with Crippen LogP contribution >= 0.6 is 0 Å². The Morgan fingerprint density at radius 3 is 2.32 bits per heavy atom. The lowest BCUT2D eigenvalue weighted by Crippen LogP contribution is -3.13. The molecule has 0 amide bonds. The zero-order valence-electron chi connectivity index (χ0n) is 17.5. The van der Waals surface area contributed by atoms with Gasteiger partial charge in [0, 0.05) is 24.2 Å². The molecule has 3 heteroatoms. The Hall–Kier alpha value is -2.39. The molecule has 0 saturated carbocycles. The van der Waals surface area contributed by atoms with E-state index in [0.717, 1.165) is 19.6 Å². The first-order valence-electron chi connectivity index (χ1n) is 10.2. The number of nitrogens with one attached hydrogen (secondary N) is 1. The minimum absolute atomic E-state index is 0.172. The smallest absolute Gasteiger partial charge is 0.123 e. The lowest BCUT2D eigenvalue weighted by Gasteiger charge is -2.29. The molecule has 2 atom stereocenters. The van der Waals surface area contributed by atoms with E-state index in [1.807, 2.05) is 12.1 Å². The van der Waals surface area contributed by atoms with Gasteiger partial charge in [-0.1, -0.05) is 55.8 Å². The van der Waals surface area contributed by atoms with Crippen LogP contribution in [0.15, 0.2) is 66.9 Å². The van der Waals surface area contributed by atoms with Crippen LogP contribution in [0.25, 0.3) is 0 Å². The molecule has 0 spiro atoms. The number of benzene rings is 2. The Morgan fingerprint density at radius 2 is 1.64 bits per heavy atom. The van der Waals surface area contributed by atoms with E-state index in [-0.39, 0.29) is 5.82 Å². The van der Waals surface area contributed by atoms with Crippen LogP contribution in [0.3, 0.4) is 0 Å². The van der Waals surface area contributed by atoms with Crippen LogP contribution in [0.1, 0.15) is 43.2 Å². The van der Waals surface area contributed by atoms with Crippen molar-refractivity contribution in [3.05, 3.63) is 95.1 Å². The average Bonchev–Trinajstić information content (AvgIpc) is 3.09. The fraction of sp³-hybridized carbons (Fsp3) is 0.360. The van der Waals surface area contributed by atoms with Gasteiger partial charge in [-0.25, -0.2) is 4.39 Å². The van der Waals surface area contributed by atoms with Crippen molar-refractivity contribution in [2.45, 2.75) is 53.4 Å². The van der Waals surface area contributed by atoms with E-state index in [2.05, 4.69) is 74.9 Å². The van der Waals surface area contributed by atoms with E-state index >= 15 is 0 Å². The maximum absolute atomic E-state index is 13.3. The number of rotatable bonds is 8. The van der Waals surface area contributed by atoms with Crippen LogP contribution < -0.4 is 4.90 Å². The molecule has 1 unspecified atom stereocenters. The molecule has 148 valence electrons. The molecule has 0 aliphatic heterocycles. The molecule has 1 aromatic heterocycles. The first-order chi connectivity index (χ1) is 13.4. The van der Waals surface area contributed by atoms with Crippen molar-refractivity contribution in [3.63, 3.8) is 0 Å². The molecule has 0 radical (unpaired) electrons. The monoisotopic (exact) mass is 379 g/mol. The first kappa shape index (κ1) is 20.3. The van der Waals surface area contributed by atoms with Crippen LogP contribution in [0, 0.1) is 18.7 Å². The lowest BCUT2D eigenvalue weighted by molar-refractivity contribution is -0.954. The summed E-state index contributed by atoms with van der Waals surface area (Å²) in [5.74, 6) is 0.407. The Kier molecular flexibility index (Phi) is 6.69. The van der Waals surface area contributed by atoms with Crippen LogP contribution in [-0.2, 0) is 19.6 Å². The maximum atomic E-state index is 13.3. The maximum Gasteiger partial charge on any atom is 0.123 e. The summed E-state index contributed by atoms with van der Waals surface area (Å²) in [6.07, 6.45) is 2.17. The van der Waals surface area contributed by atoms with Gasteiger partial charge in [0.15, 0.2) is 0 Å². The second-order valence-electron chi connectivity index (χ2n) is 8.29. The summed E-state index contributed by atoms with van der Waals surface area (Å²) in [5, 5.41) is 0. The van der Waals surface area contributed by atoms with E-state index in [1.54, 1.807) is 12.1 Å². The summed E-state index contributed by atoms with van der Waals surface area (Å²) in [6, 6.07) is 20.5. The molecule has 3 aromatic rings. The average molecular weight is 380 g/mol. The molecular weight excluding hydrogens is 347 g/mol. The van der Waals surface area contributed by atoms with Gasteiger partial charge in [-0.3, -0.25) is 0 Å². The number of hydrogen-bond acceptors (Lipinski definition) is 0. The van der Waals surface area contributed by atoms with Crippen molar-refractivity contribution in [2.24, 2.45) is 5.92 Å². The van der Waals surface area contributed by atoms with Crippen LogP contribution in [0.4, 0.5) is 4.39 Å². The Bertz CT molecular complexity index is 880. The van der Waals surface area contributed by atoms with Crippen molar-refractivity contribution < 1.29 is 9.29 Å². The Morgan fingerprint density at radius 1 is 0.893 bits per heavy atom. The topological polar surface area (TPSA) is 9.37 Å². The normalized spacial score (nSPS) is 13.6. The number of nitrogens with zero attached hydrogens (tertiary/aromatic N) is 1. The van der Waals surface area contributed by atoms with Gasteiger partial charge in [0.25, 0.3) is 0 Å². The number of hydrogen-bond donors (Lipinski definition) is 1. The molecule has 0 bridgehead atoms. The van der Waals surface area contributed by atoms with Crippen molar-refractivity contribution in [1.82, 2.24) is 4.57 Å². The zero-order valence-corrected chi connectivity index (χ0v) is 17.5. The Balaban J connectivity index is 1.79. The number of halogens is 1. The molecule has 1 heterocycles. The third-order valence-corrected chi connectivity index (χ3v) is 5.76. The number of aromatic nitrogens is 1. The summed E-state index contributed by atoms with van der Waals surface area (Å²) in [4.78, 5) is 1.51. The minimum Gasteiger partial charge on any atom is -0.342 e. The second-order valence-corrected chi connectivity index (χ2v) is 8.29. The summed E-state index contributed by atoms with van der Waals surface area (Å²) < 4.78 is 15.6.